The Morgan fingerprint density at radius 1 is 1.27 bits per heavy atom. The summed E-state index contributed by atoms with van der Waals surface area (Å²) in [7, 11) is 0. The summed E-state index contributed by atoms with van der Waals surface area (Å²) < 4.78 is 50.0. The maximum atomic E-state index is 12.7. The summed E-state index contributed by atoms with van der Waals surface area (Å²) in [6.45, 7) is 0.105. The molecule has 1 rings (SSSR count). The maximum Gasteiger partial charge on any atom is 0.416 e. The zero-order chi connectivity index (χ0) is 11.5. The third kappa shape index (κ3) is 3.06. The molecule has 0 radical (unpaired) electrons. The monoisotopic (exact) mass is 219 g/mol. The van der Waals surface area contributed by atoms with Crippen molar-refractivity contribution in [3.05, 3.63) is 41.2 Å². The Bertz CT molecular complexity index is 368. The van der Waals surface area contributed by atoms with Crippen molar-refractivity contribution in [1.29, 1.82) is 0 Å². The van der Waals surface area contributed by atoms with Crippen LogP contribution in [0.4, 0.5) is 17.6 Å². The molecule has 0 fully saturated rings. The SMILES string of the molecule is NC/C=C/c1cc(F)ccc1C(F)(F)F. The minimum atomic E-state index is -4.48. The van der Waals surface area contributed by atoms with Crippen molar-refractivity contribution >= 4 is 6.08 Å². The molecule has 0 aromatic heterocycles. The Balaban J connectivity index is 3.21. The lowest BCUT2D eigenvalue weighted by Crippen LogP contribution is -2.07. The van der Waals surface area contributed by atoms with Crippen molar-refractivity contribution in [2.75, 3.05) is 6.54 Å². The van der Waals surface area contributed by atoms with Gasteiger partial charge in [-0.1, -0.05) is 12.2 Å². The van der Waals surface area contributed by atoms with Crippen LogP contribution in [-0.4, -0.2) is 6.54 Å². The molecule has 0 unspecified atom stereocenters. The van der Waals surface area contributed by atoms with Crippen molar-refractivity contribution in [2.24, 2.45) is 5.73 Å². The largest absolute Gasteiger partial charge is 0.416 e. The van der Waals surface area contributed by atoms with Crippen molar-refractivity contribution in [3.8, 4) is 0 Å². The molecule has 0 saturated heterocycles. The second-order valence-corrected chi connectivity index (χ2v) is 2.87. The lowest BCUT2D eigenvalue weighted by atomic mass is 10.1. The van der Waals surface area contributed by atoms with Crippen LogP contribution in [0.1, 0.15) is 11.1 Å². The van der Waals surface area contributed by atoms with E-state index in [-0.39, 0.29) is 12.1 Å². The number of nitrogens with two attached hydrogens (primary N) is 1. The molecule has 1 aromatic carbocycles. The molecule has 5 heteroatoms. The molecule has 0 saturated carbocycles. The minimum absolute atomic E-state index is 0.105. The van der Waals surface area contributed by atoms with Crippen molar-refractivity contribution in [1.82, 2.24) is 0 Å². The molecule has 0 atom stereocenters. The van der Waals surface area contributed by atoms with E-state index < -0.39 is 17.6 Å². The highest BCUT2D eigenvalue weighted by Crippen LogP contribution is 2.32. The van der Waals surface area contributed by atoms with Crippen molar-refractivity contribution < 1.29 is 17.6 Å². The number of halogens is 4. The van der Waals surface area contributed by atoms with E-state index in [4.69, 9.17) is 5.73 Å². The number of hydrogen-bond donors (Lipinski definition) is 1. The Kier molecular flexibility index (Phi) is 3.47. The van der Waals surface area contributed by atoms with Crippen LogP contribution in [0, 0.1) is 5.82 Å². The molecule has 15 heavy (non-hydrogen) atoms. The summed E-state index contributed by atoms with van der Waals surface area (Å²) in [5.74, 6) is -0.709. The van der Waals surface area contributed by atoms with Gasteiger partial charge in [-0.15, -0.1) is 0 Å². The normalized spacial score (nSPS) is 12.3. The summed E-state index contributed by atoms with van der Waals surface area (Å²) in [6.07, 6.45) is -1.99. The van der Waals surface area contributed by atoms with Crippen molar-refractivity contribution in [2.45, 2.75) is 6.18 Å². The van der Waals surface area contributed by atoms with Crippen LogP contribution < -0.4 is 5.73 Å². The second-order valence-electron chi connectivity index (χ2n) is 2.87. The molecule has 2 N–H and O–H groups in total. The van der Waals surface area contributed by atoms with E-state index >= 15 is 0 Å². The Morgan fingerprint density at radius 2 is 1.93 bits per heavy atom. The van der Waals surface area contributed by atoms with Gasteiger partial charge in [0, 0.05) is 6.54 Å². The van der Waals surface area contributed by atoms with Crippen LogP contribution in [0.2, 0.25) is 0 Å². The molecule has 0 spiro atoms. The lowest BCUT2D eigenvalue weighted by Gasteiger charge is -2.09. The molecule has 0 aliphatic carbocycles. The predicted octanol–water partition coefficient (Wildman–Crippen LogP) is 2.82. The molecule has 82 valence electrons. The molecular formula is C10H9F4N. The molecular weight excluding hydrogens is 210 g/mol. The zero-order valence-electron chi connectivity index (χ0n) is 7.68. The summed E-state index contributed by atoms with van der Waals surface area (Å²) >= 11 is 0. The summed E-state index contributed by atoms with van der Waals surface area (Å²) in [4.78, 5) is 0. The van der Waals surface area contributed by atoms with Crippen LogP contribution in [0.3, 0.4) is 0 Å². The van der Waals surface area contributed by atoms with Gasteiger partial charge in [-0.05, 0) is 23.8 Å². The Labute approximate surface area is 84.2 Å². The van der Waals surface area contributed by atoms with Gasteiger partial charge in [0.25, 0.3) is 0 Å². The third-order valence-corrected chi connectivity index (χ3v) is 1.75. The molecule has 0 amide bonds. The minimum Gasteiger partial charge on any atom is -0.327 e. The molecule has 0 aliphatic rings. The van der Waals surface area contributed by atoms with E-state index in [1.807, 2.05) is 0 Å². The highest BCUT2D eigenvalue weighted by molar-refractivity contribution is 5.55. The number of hydrogen-bond acceptors (Lipinski definition) is 1. The molecule has 1 nitrogen and oxygen atoms in total. The quantitative estimate of drug-likeness (QED) is 0.760. The van der Waals surface area contributed by atoms with Gasteiger partial charge in [0.15, 0.2) is 0 Å². The molecule has 0 heterocycles. The third-order valence-electron chi connectivity index (χ3n) is 1.75. The zero-order valence-corrected chi connectivity index (χ0v) is 7.68. The summed E-state index contributed by atoms with van der Waals surface area (Å²) in [6, 6.07) is 2.32. The maximum absolute atomic E-state index is 12.7. The average Bonchev–Trinajstić information content (AvgIpc) is 2.12. The van der Waals surface area contributed by atoms with E-state index in [0.29, 0.717) is 6.07 Å². The number of alkyl halides is 3. The van der Waals surface area contributed by atoms with Crippen LogP contribution in [0.25, 0.3) is 6.08 Å². The summed E-state index contributed by atoms with van der Waals surface area (Å²) in [5.41, 5.74) is 4.03. The fourth-order valence-electron chi connectivity index (χ4n) is 1.12. The van der Waals surface area contributed by atoms with Gasteiger partial charge >= 0.3 is 6.18 Å². The predicted molar refractivity (Wildman–Crippen MR) is 49.5 cm³/mol. The van der Waals surface area contributed by atoms with Gasteiger partial charge in [-0.25, -0.2) is 4.39 Å². The highest BCUT2D eigenvalue weighted by Gasteiger charge is 2.32. The van der Waals surface area contributed by atoms with Gasteiger partial charge in [0.05, 0.1) is 5.56 Å². The summed E-state index contributed by atoms with van der Waals surface area (Å²) in [5, 5.41) is 0. The fourth-order valence-corrected chi connectivity index (χ4v) is 1.12. The number of benzene rings is 1. The molecule has 0 aliphatic heterocycles. The van der Waals surface area contributed by atoms with Gasteiger partial charge < -0.3 is 5.73 Å². The second kappa shape index (κ2) is 4.44. The van der Waals surface area contributed by atoms with E-state index in [1.54, 1.807) is 0 Å². The van der Waals surface area contributed by atoms with E-state index in [0.717, 1.165) is 18.2 Å². The fraction of sp³-hybridized carbons (Fsp3) is 0.200. The van der Waals surface area contributed by atoms with E-state index in [1.165, 1.54) is 6.08 Å². The van der Waals surface area contributed by atoms with Gasteiger partial charge in [-0.3, -0.25) is 0 Å². The first-order valence-corrected chi connectivity index (χ1v) is 4.18. The van der Waals surface area contributed by atoms with Gasteiger partial charge in [0.2, 0.25) is 0 Å². The first-order valence-electron chi connectivity index (χ1n) is 4.18. The first kappa shape index (κ1) is 11.7. The van der Waals surface area contributed by atoms with Crippen molar-refractivity contribution in [3.63, 3.8) is 0 Å². The van der Waals surface area contributed by atoms with Crippen LogP contribution >= 0.6 is 0 Å². The molecule has 1 aromatic rings. The highest BCUT2D eigenvalue weighted by atomic mass is 19.4. The average molecular weight is 219 g/mol. The van der Waals surface area contributed by atoms with Gasteiger partial charge in [-0.2, -0.15) is 13.2 Å². The molecule has 0 bridgehead atoms. The Hall–Kier alpha value is -1.36. The lowest BCUT2D eigenvalue weighted by molar-refractivity contribution is -0.137. The van der Waals surface area contributed by atoms with Crippen LogP contribution in [0.5, 0.6) is 0 Å². The van der Waals surface area contributed by atoms with E-state index in [2.05, 4.69) is 0 Å². The first-order chi connectivity index (χ1) is 6.95. The topological polar surface area (TPSA) is 26.0 Å². The smallest absolute Gasteiger partial charge is 0.327 e. The van der Waals surface area contributed by atoms with Crippen LogP contribution in [0.15, 0.2) is 24.3 Å². The number of rotatable bonds is 2. The van der Waals surface area contributed by atoms with E-state index in [9.17, 15) is 17.6 Å². The van der Waals surface area contributed by atoms with Crippen LogP contribution in [-0.2, 0) is 6.18 Å². The standard InChI is InChI=1S/C10H9F4N/c11-8-3-4-9(10(12,13)14)7(6-8)2-1-5-15/h1-4,6H,5,15H2/b2-1+. The van der Waals surface area contributed by atoms with Gasteiger partial charge in [0.1, 0.15) is 5.82 Å². The Morgan fingerprint density at radius 3 is 2.47 bits per heavy atom.